The van der Waals surface area contributed by atoms with E-state index < -0.39 is 0 Å². The molecule has 2 aliphatic rings. The van der Waals surface area contributed by atoms with Crippen molar-refractivity contribution in [3.8, 4) is 0 Å². The third kappa shape index (κ3) is 2.26. The van der Waals surface area contributed by atoms with Gasteiger partial charge in [-0.2, -0.15) is 0 Å². The number of rotatable bonds is 3. The second-order valence-electron chi connectivity index (χ2n) is 4.09. The molecular weight excluding hydrogens is 210 g/mol. The molecule has 0 N–H and O–H groups in total. The van der Waals surface area contributed by atoms with Crippen LogP contribution in [0.25, 0.3) is 0 Å². The minimum absolute atomic E-state index is 0.000323. The molecule has 0 aromatic carbocycles. The molecule has 3 nitrogen and oxygen atoms in total. The zero-order valence-corrected chi connectivity index (χ0v) is 9.94. The SMILES string of the molecule is CCOC1(C2=NC(=O)CS2)CCCCC1. The van der Waals surface area contributed by atoms with Crippen LogP contribution in [-0.2, 0) is 9.53 Å². The number of amides is 1. The van der Waals surface area contributed by atoms with Gasteiger partial charge in [0.2, 0.25) is 0 Å². The molecule has 0 radical (unpaired) electrons. The quantitative estimate of drug-likeness (QED) is 0.743. The fourth-order valence-corrected chi connectivity index (χ4v) is 3.38. The largest absolute Gasteiger partial charge is 0.368 e. The van der Waals surface area contributed by atoms with Crippen molar-refractivity contribution in [2.24, 2.45) is 4.99 Å². The van der Waals surface area contributed by atoms with Crippen LogP contribution < -0.4 is 0 Å². The lowest BCUT2D eigenvalue weighted by Crippen LogP contribution is -2.41. The Labute approximate surface area is 94.7 Å². The summed E-state index contributed by atoms with van der Waals surface area (Å²) in [6.45, 7) is 2.71. The van der Waals surface area contributed by atoms with Crippen molar-refractivity contribution in [3.05, 3.63) is 0 Å². The molecule has 0 spiro atoms. The summed E-state index contributed by atoms with van der Waals surface area (Å²) >= 11 is 1.57. The normalized spacial score (nSPS) is 25.4. The van der Waals surface area contributed by atoms with Gasteiger partial charge in [0.05, 0.1) is 5.75 Å². The monoisotopic (exact) mass is 227 g/mol. The maximum absolute atomic E-state index is 11.2. The Morgan fingerprint density at radius 3 is 2.67 bits per heavy atom. The zero-order chi connectivity index (χ0) is 10.7. The highest BCUT2D eigenvalue weighted by Gasteiger charge is 2.40. The number of nitrogens with zero attached hydrogens (tertiary/aromatic N) is 1. The number of ether oxygens (including phenoxy) is 1. The predicted molar refractivity (Wildman–Crippen MR) is 62.3 cm³/mol. The number of hydrogen-bond acceptors (Lipinski definition) is 3. The van der Waals surface area contributed by atoms with Crippen LogP contribution in [0.15, 0.2) is 4.99 Å². The molecule has 1 heterocycles. The third-order valence-corrected chi connectivity index (χ3v) is 4.16. The van der Waals surface area contributed by atoms with Crippen molar-refractivity contribution in [1.82, 2.24) is 0 Å². The van der Waals surface area contributed by atoms with Crippen LogP contribution in [0.1, 0.15) is 39.0 Å². The molecule has 0 aromatic heterocycles. The molecule has 0 atom stereocenters. The first-order chi connectivity index (χ1) is 7.27. The Morgan fingerprint density at radius 1 is 1.40 bits per heavy atom. The lowest BCUT2D eigenvalue weighted by molar-refractivity contribution is -0.115. The van der Waals surface area contributed by atoms with E-state index in [9.17, 15) is 4.79 Å². The highest BCUT2D eigenvalue weighted by atomic mass is 32.2. The van der Waals surface area contributed by atoms with Gasteiger partial charge in [-0.05, 0) is 19.8 Å². The van der Waals surface area contributed by atoms with E-state index in [1.807, 2.05) is 6.92 Å². The Morgan fingerprint density at radius 2 is 2.13 bits per heavy atom. The van der Waals surface area contributed by atoms with Gasteiger partial charge in [-0.3, -0.25) is 4.79 Å². The molecule has 0 unspecified atom stereocenters. The van der Waals surface area contributed by atoms with Gasteiger partial charge >= 0.3 is 0 Å². The highest BCUT2D eigenvalue weighted by Crippen LogP contribution is 2.38. The van der Waals surface area contributed by atoms with Crippen molar-refractivity contribution in [2.75, 3.05) is 12.4 Å². The van der Waals surface area contributed by atoms with E-state index in [1.165, 1.54) is 19.3 Å². The van der Waals surface area contributed by atoms with Gasteiger partial charge in [0, 0.05) is 6.61 Å². The van der Waals surface area contributed by atoms with Crippen LogP contribution in [0.4, 0.5) is 0 Å². The Hall–Kier alpha value is -0.350. The van der Waals surface area contributed by atoms with Crippen LogP contribution in [0.5, 0.6) is 0 Å². The summed E-state index contributed by atoms with van der Waals surface area (Å²) in [6, 6.07) is 0. The second-order valence-corrected chi connectivity index (χ2v) is 5.05. The van der Waals surface area contributed by atoms with E-state index in [2.05, 4.69) is 4.99 Å². The highest BCUT2D eigenvalue weighted by molar-refractivity contribution is 8.15. The fourth-order valence-electron chi connectivity index (χ4n) is 2.36. The third-order valence-electron chi connectivity index (χ3n) is 3.03. The van der Waals surface area contributed by atoms with Crippen molar-refractivity contribution >= 4 is 22.7 Å². The summed E-state index contributed by atoms with van der Waals surface area (Å²) in [6.07, 6.45) is 5.71. The number of carbonyl (C=O) groups excluding carboxylic acids is 1. The van der Waals surface area contributed by atoms with Gasteiger partial charge in [0.1, 0.15) is 10.6 Å². The van der Waals surface area contributed by atoms with Crippen molar-refractivity contribution < 1.29 is 9.53 Å². The van der Waals surface area contributed by atoms with Crippen molar-refractivity contribution in [3.63, 3.8) is 0 Å². The predicted octanol–water partition coefficient (Wildman–Crippen LogP) is 2.40. The maximum atomic E-state index is 11.2. The van der Waals surface area contributed by atoms with E-state index in [4.69, 9.17) is 4.74 Å². The standard InChI is InChI=1S/C11H17NO2S/c1-2-14-11(6-4-3-5-7-11)10-12-9(13)8-15-10/h2-8H2,1H3. The Balaban J connectivity index is 2.17. The van der Waals surface area contributed by atoms with E-state index >= 15 is 0 Å². The van der Waals surface area contributed by atoms with E-state index in [0.29, 0.717) is 12.4 Å². The van der Waals surface area contributed by atoms with Crippen LogP contribution in [-0.4, -0.2) is 28.9 Å². The average Bonchev–Trinajstić information content (AvgIpc) is 2.67. The molecule has 1 aliphatic carbocycles. The summed E-state index contributed by atoms with van der Waals surface area (Å²) in [5, 5.41) is 0.939. The lowest BCUT2D eigenvalue weighted by atomic mass is 9.85. The first-order valence-electron chi connectivity index (χ1n) is 5.65. The summed E-state index contributed by atoms with van der Waals surface area (Å²) in [5.41, 5.74) is -0.218. The molecule has 4 heteroatoms. The van der Waals surface area contributed by atoms with E-state index in [-0.39, 0.29) is 11.5 Å². The van der Waals surface area contributed by atoms with Gasteiger partial charge in [-0.25, -0.2) is 4.99 Å². The molecule has 1 fully saturated rings. The molecule has 15 heavy (non-hydrogen) atoms. The summed E-state index contributed by atoms with van der Waals surface area (Å²) in [7, 11) is 0. The molecule has 1 aliphatic heterocycles. The maximum Gasteiger partial charge on any atom is 0.256 e. The summed E-state index contributed by atoms with van der Waals surface area (Å²) < 4.78 is 5.90. The van der Waals surface area contributed by atoms with Crippen molar-refractivity contribution in [1.29, 1.82) is 0 Å². The molecule has 0 aromatic rings. The van der Waals surface area contributed by atoms with Gasteiger partial charge in [-0.1, -0.05) is 31.0 Å². The molecule has 2 rings (SSSR count). The first-order valence-corrected chi connectivity index (χ1v) is 6.64. The lowest BCUT2D eigenvalue weighted by Gasteiger charge is -2.36. The number of aliphatic imine (C=N–C) groups is 1. The minimum Gasteiger partial charge on any atom is -0.368 e. The topological polar surface area (TPSA) is 38.7 Å². The molecule has 1 amide bonds. The van der Waals surface area contributed by atoms with E-state index in [1.54, 1.807) is 11.8 Å². The smallest absolute Gasteiger partial charge is 0.256 e. The molecular formula is C11H17NO2S. The number of thioether (sulfide) groups is 1. The average molecular weight is 227 g/mol. The molecule has 0 bridgehead atoms. The molecule has 0 saturated heterocycles. The number of carbonyl (C=O) groups is 1. The summed E-state index contributed by atoms with van der Waals surface area (Å²) in [4.78, 5) is 15.3. The van der Waals surface area contributed by atoms with Gasteiger partial charge in [0.15, 0.2) is 0 Å². The van der Waals surface area contributed by atoms with Gasteiger partial charge in [0.25, 0.3) is 5.91 Å². The molecule has 84 valence electrons. The zero-order valence-electron chi connectivity index (χ0n) is 9.12. The van der Waals surface area contributed by atoms with Gasteiger partial charge in [-0.15, -0.1) is 0 Å². The second kappa shape index (κ2) is 4.66. The van der Waals surface area contributed by atoms with Crippen LogP contribution >= 0.6 is 11.8 Å². The van der Waals surface area contributed by atoms with Crippen LogP contribution in [0.3, 0.4) is 0 Å². The Bertz CT molecular complexity index is 277. The van der Waals surface area contributed by atoms with Crippen molar-refractivity contribution in [2.45, 2.75) is 44.6 Å². The van der Waals surface area contributed by atoms with Crippen LogP contribution in [0, 0.1) is 0 Å². The minimum atomic E-state index is -0.218. The fraction of sp³-hybridized carbons (Fsp3) is 0.818. The molecule has 1 saturated carbocycles. The number of hydrogen-bond donors (Lipinski definition) is 0. The van der Waals surface area contributed by atoms with Gasteiger partial charge < -0.3 is 4.74 Å². The van der Waals surface area contributed by atoms with Crippen LogP contribution in [0.2, 0.25) is 0 Å². The van der Waals surface area contributed by atoms with E-state index in [0.717, 1.165) is 17.9 Å². The first kappa shape index (κ1) is 11.1. The Kier molecular flexibility index (Phi) is 3.46. The summed E-state index contributed by atoms with van der Waals surface area (Å²) in [5.74, 6) is 0.504.